The molecule has 0 spiro atoms. The lowest BCUT2D eigenvalue weighted by molar-refractivity contribution is -0.137. The van der Waals surface area contributed by atoms with E-state index in [4.69, 9.17) is 9.94 Å². The molecule has 1 aromatic carbocycles. The number of rotatable bonds is 9. The molecule has 0 saturated heterocycles. The van der Waals surface area contributed by atoms with Crippen LogP contribution < -0.4 is 5.48 Å². The average molecular weight is 263 g/mol. The first-order chi connectivity index (χ1) is 9.24. The van der Waals surface area contributed by atoms with Crippen LogP contribution in [0.3, 0.4) is 0 Å². The van der Waals surface area contributed by atoms with E-state index in [1.54, 1.807) is 18.1 Å². The Labute approximate surface area is 111 Å². The first-order valence-electron chi connectivity index (χ1n) is 6.16. The standard InChI is InChI=1S/C14H17NO4/c16-11-13(12-7-3-1-4-8-12)19-15-10-6-2-5-9-14(17)18/h1,3-4,7-8,15H,2,5-6,9-10H2,(H,17,18). The molecule has 0 aliphatic heterocycles. The number of carboxylic acid groups (broad SMARTS) is 1. The number of carboxylic acids is 1. The molecule has 19 heavy (non-hydrogen) atoms. The molecular formula is C14H17NO4. The third-order valence-corrected chi connectivity index (χ3v) is 2.47. The van der Waals surface area contributed by atoms with Gasteiger partial charge in [-0.3, -0.25) is 4.79 Å². The minimum absolute atomic E-state index is 0.117. The molecular weight excluding hydrogens is 246 g/mol. The van der Waals surface area contributed by atoms with Crippen LogP contribution in [0.1, 0.15) is 31.2 Å². The quantitative estimate of drug-likeness (QED) is 0.308. The fourth-order valence-corrected chi connectivity index (χ4v) is 1.50. The fraction of sp³-hybridized carbons (Fsp3) is 0.357. The molecule has 1 rings (SSSR count). The van der Waals surface area contributed by atoms with E-state index in [0.29, 0.717) is 18.5 Å². The first kappa shape index (κ1) is 15.0. The van der Waals surface area contributed by atoms with Gasteiger partial charge in [0.15, 0.2) is 5.94 Å². The number of unbranched alkanes of at least 4 members (excludes halogenated alkanes) is 2. The highest BCUT2D eigenvalue weighted by Gasteiger charge is 2.03. The summed E-state index contributed by atoms with van der Waals surface area (Å²) in [4.78, 5) is 26.2. The van der Waals surface area contributed by atoms with Crippen LogP contribution in [0.2, 0.25) is 0 Å². The van der Waals surface area contributed by atoms with Gasteiger partial charge in [-0.15, -0.1) is 0 Å². The van der Waals surface area contributed by atoms with Crippen molar-refractivity contribution in [1.29, 1.82) is 0 Å². The molecule has 5 nitrogen and oxygen atoms in total. The second kappa shape index (κ2) is 8.91. The van der Waals surface area contributed by atoms with Crippen molar-refractivity contribution in [1.82, 2.24) is 5.48 Å². The molecule has 0 saturated carbocycles. The molecule has 0 heterocycles. The minimum atomic E-state index is -0.778. The number of nitrogens with one attached hydrogen (secondary N) is 1. The summed E-state index contributed by atoms with van der Waals surface area (Å²) in [5.41, 5.74) is 3.34. The highest BCUT2D eigenvalue weighted by atomic mass is 16.6. The Morgan fingerprint density at radius 1 is 1.21 bits per heavy atom. The maximum Gasteiger partial charge on any atom is 0.303 e. The second-order valence-corrected chi connectivity index (χ2v) is 4.00. The average Bonchev–Trinajstić information content (AvgIpc) is 2.42. The van der Waals surface area contributed by atoms with Crippen molar-refractivity contribution in [3.63, 3.8) is 0 Å². The topological polar surface area (TPSA) is 75.6 Å². The molecule has 0 radical (unpaired) electrons. The Balaban J connectivity index is 2.18. The number of carbonyl (C=O) groups is 1. The van der Waals surface area contributed by atoms with E-state index in [-0.39, 0.29) is 12.2 Å². The number of hydrogen-bond acceptors (Lipinski definition) is 4. The van der Waals surface area contributed by atoms with Gasteiger partial charge in [0.05, 0.1) is 0 Å². The predicted molar refractivity (Wildman–Crippen MR) is 70.7 cm³/mol. The Morgan fingerprint density at radius 2 is 1.95 bits per heavy atom. The van der Waals surface area contributed by atoms with Gasteiger partial charge >= 0.3 is 5.97 Å². The van der Waals surface area contributed by atoms with Crippen molar-refractivity contribution in [3.8, 4) is 0 Å². The van der Waals surface area contributed by atoms with Crippen molar-refractivity contribution < 1.29 is 19.5 Å². The zero-order valence-electron chi connectivity index (χ0n) is 10.6. The summed E-state index contributed by atoms with van der Waals surface area (Å²) < 4.78 is 0. The van der Waals surface area contributed by atoms with Gasteiger partial charge in [-0.25, -0.2) is 4.79 Å². The van der Waals surface area contributed by atoms with Crippen molar-refractivity contribution in [2.24, 2.45) is 0 Å². The van der Waals surface area contributed by atoms with Gasteiger partial charge in [0.2, 0.25) is 5.76 Å². The number of hydrogen-bond donors (Lipinski definition) is 2. The van der Waals surface area contributed by atoms with Crippen LogP contribution in [-0.2, 0) is 14.4 Å². The van der Waals surface area contributed by atoms with Crippen molar-refractivity contribution in [3.05, 3.63) is 35.9 Å². The molecule has 5 heteroatoms. The summed E-state index contributed by atoms with van der Waals surface area (Å²) >= 11 is 0. The van der Waals surface area contributed by atoms with Crippen LogP contribution in [-0.4, -0.2) is 23.6 Å². The lowest BCUT2D eigenvalue weighted by Gasteiger charge is -2.07. The molecule has 0 aromatic heterocycles. The smallest absolute Gasteiger partial charge is 0.303 e. The molecule has 102 valence electrons. The summed E-state index contributed by atoms with van der Waals surface area (Å²) in [6.07, 6.45) is 2.42. The van der Waals surface area contributed by atoms with Crippen LogP contribution >= 0.6 is 0 Å². The summed E-state index contributed by atoms with van der Waals surface area (Å²) in [6.45, 7) is 0.553. The van der Waals surface area contributed by atoms with E-state index >= 15 is 0 Å². The summed E-state index contributed by atoms with van der Waals surface area (Å²) in [5.74, 6) is 1.08. The van der Waals surface area contributed by atoms with Gasteiger partial charge < -0.3 is 9.94 Å². The van der Waals surface area contributed by atoms with E-state index in [9.17, 15) is 9.59 Å². The maximum atomic E-state index is 10.8. The molecule has 0 amide bonds. The predicted octanol–water partition coefficient (Wildman–Crippen LogP) is 2.03. The van der Waals surface area contributed by atoms with E-state index < -0.39 is 5.97 Å². The number of carbonyl (C=O) groups excluding carboxylic acids is 1. The largest absolute Gasteiger partial charge is 0.481 e. The van der Waals surface area contributed by atoms with Gasteiger partial charge in [-0.1, -0.05) is 36.8 Å². The van der Waals surface area contributed by atoms with Crippen molar-refractivity contribution in [2.45, 2.75) is 25.7 Å². The van der Waals surface area contributed by atoms with Crippen LogP contribution in [0.25, 0.3) is 5.76 Å². The highest BCUT2D eigenvalue weighted by Crippen LogP contribution is 2.10. The SMILES string of the molecule is O=C=C(ONCCCCCC(=O)O)c1ccccc1. The zero-order chi connectivity index (χ0) is 13.9. The third-order valence-electron chi connectivity index (χ3n) is 2.47. The van der Waals surface area contributed by atoms with Crippen molar-refractivity contribution >= 4 is 17.7 Å². The van der Waals surface area contributed by atoms with Gasteiger partial charge in [-0.2, -0.15) is 5.48 Å². The summed E-state index contributed by atoms with van der Waals surface area (Å²) in [6, 6.07) is 8.98. The Morgan fingerprint density at radius 3 is 2.58 bits per heavy atom. The van der Waals surface area contributed by atoms with E-state index in [1.165, 1.54) is 0 Å². The van der Waals surface area contributed by atoms with Crippen LogP contribution in [0.15, 0.2) is 30.3 Å². The Hall–Kier alpha value is -2.10. The molecule has 0 fully saturated rings. The zero-order valence-corrected chi connectivity index (χ0v) is 10.6. The van der Waals surface area contributed by atoms with Crippen LogP contribution in [0, 0.1) is 0 Å². The van der Waals surface area contributed by atoms with Gasteiger partial charge in [0.1, 0.15) is 0 Å². The third kappa shape index (κ3) is 6.41. The number of hydroxylamine groups is 1. The van der Waals surface area contributed by atoms with E-state index in [2.05, 4.69) is 5.48 Å². The highest BCUT2D eigenvalue weighted by molar-refractivity contribution is 5.82. The minimum Gasteiger partial charge on any atom is -0.481 e. The van der Waals surface area contributed by atoms with Crippen LogP contribution in [0.4, 0.5) is 0 Å². The van der Waals surface area contributed by atoms with Crippen LogP contribution in [0.5, 0.6) is 0 Å². The van der Waals surface area contributed by atoms with E-state index in [0.717, 1.165) is 12.8 Å². The van der Waals surface area contributed by atoms with Crippen molar-refractivity contribution in [2.75, 3.05) is 6.54 Å². The Kier molecular flexibility index (Phi) is 7.02. The fourth-order valence-electron chi connectivity index (χ4n) is 1.50. The molecule has 0 aliphatic carbocycles. The number of benzene rings is 1. The molecule has 0 atom stereocenters. The monoisotopic (exact) mass is 263 g/mol. The molecule has 1 aromatic rings. The van der Waals surface area contributed by atoms with Gasteiger partial charge in [-0.05, 0) is 12.8 Å². The first-order valence-corrected chi connectivity index (χ1v) is 6.16. The van der Waals surface area contributed by atoms with Gasteiger partial charge in [0, 0.05) is 18.5 Å². The normalized spacial score (nSPS) is 9.68. The lowest BCUT2D eigenvalue weighted by atomic mass is 10.2. The van der Waals surface area contributed by atoms with E-state index in [1.807, 2.05) is 18.2 Å². The lowest BCUT2D eigenvalue weighted by Crippen LogP contribution is -2.15. The Bertz CT molecular complexity index is 438. The summed E-state index contributed by atoms with van der Waals surface area (Å²) in [5, 5.41) is 8.46. The van der Waals surface area contributed by atoms with Gasteiger partial charge in [0.25, 0.3) is 0 Å². The summed E-state index contributed by atoms with van der Waals surface area (Å²) in [7, 11) is 0. The number of aliphatic carboxylic acids is 1. The second-order valence-electron chi connectivity index (χ2n) is 4.00. The molecule has 0 bridgehead atoms. The maximum absolute atomic E-state index is 10.8. The molecule has 2 N–H and O–H groups in total. The molecule has 0 unspecified atom stereocenters. The molecule has 0 aliphatic rings.